The molecule has 9 nitrogen and oxygen atoms in total. The van der Waals surface area contributed by atoms with Crippen LogP contribution in [0.3, 0.4) is 0 Å². The number of nitro benzene ring substituents is 1. The van der Waals surface area contributed by atoms with Crippen LogP contribution in [0.4, 0.5) is 11.4 Å². The Morgan fingerprint density at radius 1 is 1.44 bits per heavy atom. The first kappa shape index (κ1) is 18.5. The molecule has 0 saturated carbocycles. The first-order chi connectivity index (χ1) is 11.8. The zero-order valence-electron chi connectivity index (χ0n) is 13.7. The van der Waals surface area contributed by atoms with E-state index < -0.39 is 16.1 Å². The number of nitro groups is 1. The lowest BCUT2D eigenvalue weighted by Gasteiger charge is -2.13. The first-order valence-electron chi connectivity index (χ1n) is 7.18. The third-order valence-electron chi connectivity index (χ3n) is 3.16. The molecule has 132 valence electrons. The lowest BCUT2D eigenvalue weighted by Crippen LogP contribution is -2.23. The van der Waals surface area contributed by atoms with Gasteiger partial charge in [0, 0.05) is 23.9 Å². The number of benzene rings is 1. The molecule has 2 rings (SSSR count). The van der Waals surface area contributed by atoms with E-state index in [1.54, 1.807) is 13.8 Å². The second kappa shape index (κ2) is 7.79. The summed E-state index contributed by atoms with van der Waals surface area (Å²) in [5.74, 6) is -0.105. The largest absolute Gasteiger partial charge is 0.495 e. The third kappa shape index (κ3) is 4.80. The van der Waals surface area contributed by atoms with Crippen LogP contribution >= 0.6 is 11.8 Å². The smallest absolute Gasteiger partial charge is 0.271 e. The summed E-state index contributed by atoms with van der Waals surface area (Å²) in [6.45, 7) is 3.31. The number of thioether (sulfide) groups is 1. The van der Waals surface area contributed by atoms with E-state index in [1.165, 1.54) is 31.4 Å². The van der Waals surface area contributed by atoms with Crippen molar-refractivity contribution in [3.8, 4) is 5.75 Å². The van der Waals surface area contributed by atoms with Crippen LogP contribution in [0.2, 0.25) is 0 Å². The quantitative estimate of drug-likeness (QED) is 0.348. The second-order valence-electron chi connectivity index (χ2n) is 5.08. The van der Waals surface area contributed by atoms with Crippen molar-refractivity contribution < 1.29 is 14.5 Å². The Balaban J connectivity index is 2.16. The number of hydrogen-bond donors (Lipinski definition) is 2. The van der Waals surface area contributed by atoms with E-state index >= 15 is 0 Å². The van der Waals surface area contributed by atoms with E-state index in [4.69, 9.17) is 4.74 Å². The molecule has 1 heterocycles. The lowest BCUT2D eigenvalue weighted by molar-refractivity contribution is -0.384. The maximum absolute atomic E-state index is 12.4. The summed E-state index contributed by atoms with van der Waals surface area (Å²) in [5.41, 5.74) is 0.267. The molecule has 1 unspecified atom stereocenters. The van der Waals surface area contributed by atoms with E-state index in [9.17, 15) is 19.7 Å². The number of aromatic amines is 1. The number of nitrogens with zero attached hydrogens (tertiary/aromatic N) is 2. The SMILES string of the molecule is COc1ccc([N+](=O)[O-])cc1NC(=O)C(C)Sc1nc(C)cc(=O)[nH]1. The standard InChI is InChI=1S/C15H16N4O5S/c1-8-6-13(20)18-15(16-8)25-9(2)14(21)17-11-7-10(19(22)23)4-5-12(11)24-3/h4-7,9H,1-3H3,(H,17,21)(H,16,18,20). The van der Waals surface area contributed by atoms with Crippen LogP contribution in [0, 0.1) is 17.0 Å². The van der Waals surface area contributed by atoms with Crippen molar-refractivity contribution >= 4 is 29.0 Å². The number of amides is 1. The topological polar surface area (TPSA) is 127 Å². The predicted molar refractivity (Wildman–Crippen MR) is 93.2 cm³/mol. The number of carbonyl (C=O) groups excluding carboxylic acids is 1. The normalized spacial score (nSPS) is 11.6. The lowest BCUT2D eigenvalue weighted by atomic mass is 10.2. The van der Waals surface area contributed by atoms with Crippen molar-refractivity contribution in [1.82, 2.24) is 9.97 Å². The fraction of sp³-hybridized carbons (Fsp3) is 0.267. The van der Waals surface area contributed by atoms with Gasteiger partial charge in [-0.1, -0.05) is 11.8 Å². The van der Waals surface area contributed by atoms with Crippen molar-refractivity contribution in [2.45, 2.75) is 24.3 Å². The van der Waals surface area contributed by atoms with E-state index in [0.717, 1.165) is 11.8 Å². The van der Waals surface area contributed by atoms with Gasteiger partial charge in [-0.05, 0) is 19.9 Å². The van der Waals surface area contributed by atoms with Crippen molar-refractivity contribution in [3.05, 3.63) is 50.4 Å². The average molecular weight is 364 g/mol. The van der Waals surface area contributed by atoms with Crippen molar-refractivity contribution in [2.24, 2.45) is 0 Å². The minimum Gasteiger partial charge on any atom is -0.495 e. The van der Waals surface area contributed by atoms with Crippen LogP contribution in [-0.4, -0.2) is 33.2 Å². The molecule has 0 aliphatic rings. The van der Waals surface area contributed by atoms with E-state index in [2.05, 4.69) is 15.3 Å². The van der Waals surface area contributed by atoms with Gasteiger partial charge in [0.1, 0.15) is 5.75 Å². The highest BCUT2D eigenvalue weighted by Gasteiger charge is 2.19. The van der Waals surface area contributed by atoms with E-state index in [0.29, 0.717) is 16.6 Å². The molecular weight excluding hydrogens is 348 g/mol. The number of methoxy groups -OCH3 is 1. The Morgan fingerprint density at radius 2 is 2.16 bits per heavy atom. The predicted octanol–water partition coefficient (Wildman–Crippen LogP) is 2.11. The number of ether oxygens (including phenoxy) is 1. The molecule has 1 aromatic carbocycles. The molecule has 1 atom stereocenters. The summed E-state index contributed by atoms with van der Waals surface area (Å²) in [6, 6.07) is 5.27. The minimum absolute atomic E-state index is 0.166. The molecule has 0 saturated heterocycles. The monoisotopic (exact) mass is 364 g/mol. The maximum Gasteiger partial charge on any atom is 0.271 e. The Hall–Kier alpha value is -2.88. The number of anilines is 1. The second-order valence-corrected chi connectivity index (χ2v) is 6.41. The number of aryl methyl sites for hydroxylation is 1. The van der Waals surface area contributed by atoms with Gasteiger partial charge in [-0.15, -0.1) is 0 Å². The third-order valence-corrected chi connectivity index (χ3v) is 4.14. The Labute approximate surface area is 147 Å². The summed E-state index contributed by atoms with van der Waals surface area (Å²) in [4.78, 5) is 40.8. The highest BCUT2D eigenvalue weighted by atomic mass is 32.2. The summed E-state index contributed by atoms with van der Waals surface area (Å²) in [6.07, 6.45) is 0. The number of nitrogens with one attached hydrogen (secondary N) is 2. The molecule has 0 aliphatic carbocycles. The number of rotatable bonds is 6. The fourth-order valence-corrected chi connectivity index (χ4v) is 2.83. The molecule has 10 heteroatoms. The highest BCUT2D eigenvalue weighted by Crippen LogP contribution is 2.30. The van der Waals surface area contributed by atoms with Gasteiger partial charge in [0.15, 0.2) is 5.16 Å². The summed E-state index contributed by atoms with van der Waals surface area (Å²) in [7, 11) is 1.40. The zero-order chi connectivity index (χ0) is 18.6. The van der Waals surface area contributed by atoms with Crippen molar-refractivity contribution in [1.29, 1.82) is 0 Å². The molecule has 0 spiro atoms. The van der Waals surface area contributed by atoms with Crippen LogP contribution in [0.25, 0.3) is 0 Å². The van der Waals surface area contributed by atoms with E-state index in [-0.39, 0.29) is 16.9 Å². The minimum atomic E-state index is -0.603. The maximum atomic E-state index is 12.4. The van der Waals surface area contributed by atoms with Gasteiger partial charge in [0.2, 0.25) is 5.91 Å². The van der Waals surface area contributed by atoms with Gasteiger partial charge in [-0.25, -0.2) is 4.98 Å². The van der Waals surface area contributed by atoms with E-state index in [1.807, 2.05) is 0 Å². The number of non-ortho nitro benzene ring substituents is 1. The molecular formula is C15H16N4O5S. The average Bonchev–Trinajstić information content (AvgIpc) is 2.53. The van der Waals surface area contributed by atoms with Gasteiger partial charge < -0.3 is 15.0 Å². The summed E-state index contributed by atoms with van der Waals surface area (Å²) < 4.78 is 5.11. The van der Waals surface area contributed by atoms with Crippen LogP contribution in [0.5, 0.6) is 5.75 Å². The molecule has 0 bridgehead atoms. The summed E-state index contributed by atoms with van der Waals surface area (Å²) in [5, 5.41) is 13.2. The van der Waals surface area contributed by atoms with Gasteiger partial charge in [-0.3, -0.25) is 19.7 Å². The van der Waals surface area contributed by atoms with Crippen LogP contribution in [-0.2, 0) is 4.79 Å². The van der Waals surface area contributed by atoms with Crippen molar-refractivity contribution in [3.63, 3.8) is 0 Å². The number of H-pyrrole nitrogens is 1. The molecule has 25 heavy (non-hydrogen) atoms. The molecule has 1 amide bonds. The van der Waals surface area contributed by atoms with Crippen LogP contribution < -0.4 is 15.6 Å². The number of carbonyl (C=O) groups is 1. The Kier molecular flexibility index (Phi) is 5.75. The fourth-order valence-electron chi connectivity index (χ4n) is 1.97. The van der Waals surface area contributed by atoms with Gasteiger partial charge in [-0.2, -0.15) is 0 Å². The van der Waals surface area contributed by atoms with Gasteiger partial charge in [0.25, 0.3) is 11.2 Å². The van der Waals surface area contributed by atoms with Crippen molar-refractivity contribution in [2.75, 3.05) is 12.4 Å². The summed E-state index contributed by atoms with van der Waals surface area (Å²) >= 11 is 1.07. The number of aromatic nitrogens is 2. The molecule has 1 aromatic heterocycles. The molecule has 2 aromatic rings. The first-order valence-corrected chi connectivity index (χ1v) is 8.06. The molecule has 2 N–H and O–H groups in total. The zero-order valence-corrected chi connectivity index (χ0v) is 14.5. The molecule has 0 radical (unpaired) electrons. The van der Waals surface area contributed by atoms with Crippen LogP contribution in [0.1, 0.15) is 12.6 Å². The number of hydrogen-bond acceptors (Lipinski definition) is 7. The Bertz CT molecular complexity index is 867. The molecule has 0 aliphatic heterocycles. The highest BCUT2D eigenvalue weighted by molar-refractivity contribution is 8.00. The van der Waals surface area contributed by atoms with Gasteiger partial charge in [0.05, 0.1) is 23.0 Å². The van der Waals surface area contributed by atoms with Crippen LogP contribution in [0.15, 0.2) is 34.2 Å². The molecule has 0 fully saturated rings. The Morgan fingerprint density at radius 3 is 2.76 bits per heavy atom. The van der Waals surface area contributed by atoms with Gasteiger partial charge >= 0.3 is 0 Å².